The molecule has 0 bridgehead atoms. The molecule has 0 fully saturated rings. The number of nitrogens with one attached hydrogen (secondary N) is 2. The molecule has 0 saturated carbocycles. The Labute approximate surface area is 55.4 Å². The highest BCUT2D eigenvalue weighted by molar-refractivity contribution is 5.89. The maximum atomic E-state index is 10.4. The summed E-state index contributed by atoms with van der Waals surface area (Å²) in [5, 5.41) is 22.5. The molecule has 0 aliphatic heterocycles. The van der Waals surface area contributed by atoms with E-state index in [-0.39, 0.29) is 5.95 Å². The fraction of sp³-hybridized carbons (Fsp3) is 0.333. The maximum Gasteiger partial charge on any atom is 0.269 e. The van der Waals surface area contributed by atoms with Gasteiger partial charge in [0.2, 0.25) is 0 Å². The first kappa shape index (κ1) is 6.62. The third-order valence-corrected chi connectivity index (χ3v) is 0.740. The minimum atomic E-state index is -0.589. The van der Waals surface area contributed by atoms with Gasteiger partial charge in [0.1, 0.15) is 6.61 Å². The lowest BCUT2D eigenvalue weighted by atomic mass is 10.6. The molecule has 3 N–H and O–H groups in total. The number of aromatic amines is 1. The number of aliphatic hydroxyl groups is 1. The van der Waals surface area contributed by atoms with Crippen LogP contribution in [0.25, 0.3) is 0 Å². The number of tetrazole rings is 1. The molecule has 0 unspecified atom stereocenters. The molecule has 0 saturated heterocycles. The number of H-pyrrole nitrogens is 1. The van der Waals surface area contributed by atoms with Crippen molar-refractivity contribution in [2.45, 2.75) is 0 Å². The van der Waals surface area contributed by atoms with Crippen molar-refractivity contribution in [3.63, 3.8) is 0 Å². The van der Waals surface area contributed by atoms with Gasteiger partial charge in [0.05, 0.1) is 0 Å². The number of carbonyl (C=O) groups is 1. The molecule has 0 aliphatic rings. The number of hydrogen-bond acceptors (Lipinski definition) is 5. The van der Waals surface area contributed by atoms with Gasteiger partial charge in [0.15, 0.2) is 0 Å². The van der Waals surface area contributed by atoms with Crippen LogP contribution < -0.4 is 5.32 Å². The van der Waals surface area contributed by atoms with Crippen molar-refractivity contribution in [3.05, 3.63) is 0 Å². The van der Waals surface area contributed by atoms with Crippen molar-refractivity contribution in [3.8, 4) is 0 Å². The number of amides is 1. The van der Waals surface area contributed by atoms with Crippen LogP contribution in [0.1, 0.15) is 0 Å². The number of nitrogens with zero attached hydrogens (tertiary/aromatic N) is 3. The normalized spacial score (nSPS) is 9.30. The third-order valence-electron chi connectivity index (χ3n) is 0.740. The van der Waals surface area contributed by atoms with Crippen LogP contribution in [0, 0.1) is 0 Å². The average molecular weight is 143 g/mol. The Morgan fingerprint density at radius 3 is 3.10 bits per heavy atom. The fourth-order valence-corrected chi connectivity index (χ4v) is 0.379. The van der Waals surface area contributed by atoms with Crippen LogP contribution in [0.4, 0.5) is 5.95 Å². The highest BCUT2D eigenvalue weighted by Crippen LogP contribution is 1.87. The Morgan fingerprint density at radius 2 is 2.60 bits per heavy atom. The Morgan fingerprint density at radius 1 is 1.80 bits per heavy atom. The summed E-state index contributed by atoms with van der Waals surface area (Å²) in [5.74, 6) is -0.513. The zero-order valence-corrected chi connectivity index (χ0v) is 4.90. The Kier molecular flexibility index (Phi) is 1.90. The van der Waals surface area contributed by atoms with Gasteiger partial charge in [-0.25, -0.2) is 0 Å². The van der Waals surface area contributed by atoms with E-state index >= 15 is 0 Å². The molecule has 7 nitrogen and oxygen atoms in total. The first-order chi connectivity index (χ1) is 4.83. The lowest BCUT2D eigenvalue weighted by molar-refractivity contribution is -0.118. The van der Waals surface area contributed by atoms with E-state index in [1.807, 2.05) is 0 Å². The minimum absolute atomic E-state index is 0.0547. The van der Waals surface area contributed by atoms with Crippen molar-refractivity contribution in [1.29, 1.82) is 0 Å². The van der Waals surface area contributed by atoms with E-state index in [0.717, 1.165) is 0 Å². The summed E-state index contributed by atoms with van der Waals surface area (Å²) in [4.78, 5) is 10.4. The minimum Gasteiger partial charge on any atom is -0.387 e. The van der Waals surface area contributed by atoms with Crippen molar-refractivity contribution in [1.82, 2.24) is 20.6 Å². The van der Waals surface area contributed by atoms with E-state index in [1.165, 1.54) is 0 Å². The van der Waals surface area contributed by atoms with E-state index < -0.39 is 12.5 Å². The van der Waals surface area contributed by atoms with E-state index in [4.69, 9.17) is 5.11 Å². The molecule has 1 heterocycles. The van der Waals surface area contributed by atoms with Crippen LogP contribution in [-0.4, -0.2) is 38.2 Å². The monoisotopic (exact) mass is 143 g/mol. The lowest BCUT2D eigenvalue weighted by Gasteiger charge is -1.92. The van der Waals surface area contributed by atoms with E-state index in [1.54, 1.807) is 0 Å². The molecule has 1 rings (SSSR count). The van der Waals surface area contributed by atoms with Gasteiger partial charge in [-0.15, -0.1) is 5.10 Å². The van der Waals surface area contributed by atoms with Gasteiger partial charge in [-0.05, 0) is 5.21 Å². The highest BCUT2D eigenvalue weighted by atomic mass is 16.3. The summed E-state index contributed by atoms with van der Waals surface area (Å²) in [6.45, 7) is -0.589. The van der Waals surface area contributed by atoms with Gasteiger partial charge in [0, 0.05) is 0 Å². The first-order valence-corrected chi connectivity index (χ1v) is 2.47. The molecular weight excluding hydrogens is 138 g/mol. The van der Waals surface area contributed by atoms with Crippen molar-refractivity contribution < 1.29 is 9.90 Å². The second-order valence-corrected chi connectivity index (χ2v) is 1.44. The second-order valence-electron chi connectivity index (χ2n) is 1.44. The van der Waals surface area contributed by atoms with Crippen LogP contribution in [0.3, 0.4) is 0 Å². The third kappa shape index (κ3) is 1.49. The number of aliphatic hydroxyl groups excluding tert-OH is 1. The van der Waals surface area contributed by atoms with Gasteiger partial charge in [-0.3, -0.25) is 10.1 Å². The molecule has 54 valence electrons. The molecule has 1 aromatic heterocycles. The number of carbonyl (C=O) groups excluding carboxylic acids is 1. The fourth-order valence-electron chi connectivity index (χ4n) is 0.379. The Hall–Kier alpha value is -1.50. The largest absolute Gasteiger partial charge is 0.387 e. The predicted octanol–water partition coefficient (Wildman–Crippen LogP) is -1.87. The summed E-state index contributed by atoms with van der Waals surface area (Å²) in [6, 6.07) is 0. The Balaban J connectivity index is 2.48. The van der Waals surface area contributed by atoms with Crippen LogP contribution in [0.5, 0.6) is 0 Å². The zero-order valence-electron chi connectivity index (χ0n) is 4.90. The quantitative estimate of drug-likeness (QED) is 0.450. The van der Waals surface area contributed by atoms with Crippen LogP contribution in [0.15, 0.2) is 0 Å². The molecule has 7 heteroatoms. The summed E-state index contributed by atoms with van der Waals surface area (Å²) < 4.78 is 0. The molecule has 0 radical (unpaired) electrons. The SMILES string of the molecule is O=C(CO)Nc1nn[nH]n1. The molecule has 1 amide bonds. The average Bonchev–Trinajstić information content (AvgIpc) is 2.40. The predicted molar refractivity (Wildman–Crippen MR) is 29.9 cm³/mol. The summed E-state index contributed by atoms with van der Waals surface area (Å²) in [7, 11) is 0. The van der Waals surface area contributed by atoms with Crippen molar-refractivity contribution in [2.24, 2.45) is 0 Å². The summed E-state index contributed by atoms with van der Waals surface area (Å²) in [5.41, 5.74) is 0. The number of rotatable bonds is 2. The maximum absolute atomic E-state index is 10.4. The smallest absolute Gasteiger partial charge is 0.269 e. The van der Waals surface area contributed by atoms with Crippen molar-refractivity contribution in [2.75, 3.05) is 11.9 Å². The van der Waals surface area contributed by atoms with E-state index in [2.05, 4.69) is 25.9 Å². The van der Waals surface area contributed by atoms with Gasteiger partial charge in [-0.2, -0.15) is 5.21 Å². The molecule has 0 atom stereocenters. The van der Waals surface area contributed by atoms with Gasteiger partial charge in [0.25, 0.3) is 11.9 Å². The van der Waals surface area contributed by atoms with E-state index in [0.29, 0.717) is 0 Å². The molecule has 10 heavy (non-hydrogen) atoms. The number of anilines is 1. The number of aromatic nitrogens is 4. The zero-order chi connectivity index (χ0) is 7.40. The molecule has 0 aliphatic carbocycles. The molecule has 1 aromatic rings. The topological polar surface area (TPSA) is 104 Å². The van der Waals surface area contributed by atoms with Gasteiger partial charge < -0.3 is 5.11 Å². The lowest BCUT2D eigenvalue weighted by Crippen LogP contribution is -2.16. The molecule has 0 aromatic carbocycles. The first-order valence-electron chi connectivity index (χ1n) is 2.47. The second kappa shape index (κ2) is 2.87. The highest BCUT2D eigenvalue weighted by Gasteiger charge is 2.01. The van der Waals surface area contributed by atoms with Gasteiger partial charge in [-0.1, -0.05) is 5.10 Å². The standard InChI is InChI=1S/C3H5N5O2/c9-1-2(10)4-3-5-7-8-6-3/h9H,1H2,(H2,4,5,6,7,8,10). The van der Waals surface area contributed by atoms with Gasteiger partial charge >= 0.3 is 0 Å². The number of hydrogen-bond donors (Lipinski definition) is 3. The molecule has 0 spiro atoms. The summed E-state index contributed by atoms with van der Waals surface area (Å²) in [6.07, 6.45) is 0. The van der Waals surface area contributed by atoms with Crippen molar-refractivity contribution >= 4 is 11.9 Å². The van der Waals surface area contributed by atoms with E-state index in [9.17, 15) is 4.79 Å². The van der Waals surface area contributed by atoms with Crippen LogP contribution in [-0.2, 0) is 4.79 Å². The van der Waals surface area contributed by atoms with Crippen LogP contribution >= 0.6 is 0 Å². The van der Waals surface area contributed by atoms with Crippen LogP contribution in [0.2, 0.25) is 0 Å². The Bertz CT molecular complexity index is 207. The molecular formula is C3H5N5O2. The summed E-state index contributed by atoms with van der Waals surface area (Å²) >= 11 is 0.